The number of nitrogens with one attached hydrogen (secondary N) is 2. The summed E-state index contributed by atoms with van der Waals surface area (Å²) in [5, 5.41) is 5.74. The van der Waals surface area contributed by atoms with Crippen LogP contribution in [0.25, 0.3) is 0 Å². The van der Waals surface area contributed by atoms with E-state index in [4.69, 9.17) is 27.9 Å². The second-order valence-corrected chi connectivity index (χ2v) is 6.08. The van der Waals surface area contributed by atoms with E-state index in [0.717, 1.165) is 5.56 Å². The fraction of sp³-hybridized carbons (Fsp3) is 0.176. The molecular weight excluding hydrogens is 381 g/mol. The Morgan fingerprint density at radius 1 is 1.12 bits per heavy atom. The predicted octanol–water partition coefficient (Wildman–Crippen LogP) is 2.61. The molecule has 2 amide bonds. The molecule has 2 rings (SSSR count). The van der Waals surface area contributed by atoms with Crippen molar-refractivity contribution in [3.05, 3.63) is 57.8 Å². The number of aryl methyl sites for hydroxylation is 1. The second kappa shape index (κ2) is 9.17. The van der Waals surface area contributed by atoms with Crippen LogP contribution in [0, 0.1) is 6.92 Å². The Bertz CT molecular complexity index is 843. The molecule has 0 fully saturated rings. The van der Waals surface area contributed by atoms with Gasteiger partial charge in [-0.25, -0.2) is 0 Å². The minimum Gasteiger partial charge on any atom is -0.454 e. The Morgan fingerprint density at radius 2 is 1.85 bits per heavy atom. The van der Waals surface area contributed by atoms with Crippen molar-refractivity contribution in [2.75, 3.05) is 18.5 Å². The van der Waals surface area contributed by atoms with Gasteiger partial charge in [0.15, 0.2) is 6.61 Å². The number of hydrogen-bond acceptors (Lipinski definition) is 5. The lowest BCUT2D eigenvalue weighted by atomic mass is 10.2. The summed E-state index contributed by atoms with van der Waals surface area (Å²) in [6, 6.07) is 7.93. The topological polar surface area (TPSA) is 97.4 Å². The maximum Gasteiger partial charge on any atom is 0.325 e. The van der Waals surface area contributed by atoms with Gasteiger partial charge >= 0.3 is 5.97 Å². The van der Waals surface area contributed by atoms with Crippen molar-refractivity contribution < 1.29 is 19.1 Å². The summed E-state index contributed by atoms with van der Waals surface area (Å²) in [5.74, 6) is -1.87. The number of aromatic nitrogens is 1. The number of hydrogen-bond donors (Lipinski definition) is 2. The summed E-state index contributed by atoms with van der Waals surface area (Å²) in [7, 11) is 0. The van der Waals surface area contributed by atoms with E-state index in [1.807, 2.05) is 0 Å². The van der Waals surface area contributed by atoms with Gasteiger partial charge in [-0.2, -0.15) is 0 Å². The molecule has 136 valence electrons. The van der Waals surface area contributed by atoms with Gasteiger partial charge in [0.25, 0.3) is 11.8 Å². The van der Waals surface area contributed by atoms with Crippen molar-refractivity contribution in [2.45, 2.75) is 6.92 Å². The lowest BCUT2D eigenvalue weighted by Gasteiger charge is -2.09. The van der Waals surface area contributed by atoms with Crippen molar-refractivity contribution in [1.82, 2.24) is 10.3 Å². The minimum atomic E-state index is -0.765. The van der Waals surface area contributed by atoms with E-state index in [9.17, 15) is 14.4 Å². The number of esters is 1. The van der Waals surface area contributed by atoms with Crippen LogP contribution in [-0.2, 0) is 14.3 Å². The zero-order valence-corrected chi connectivity index (χ0v) is 15.2. The van der Waals surface area contributed by atoms with Gasteiger partial charge in [0.05, 0.1) is 0 Å². The molecule has 1 heterocycles. The van der Waals surface area contributed by atoms with Crippen molar-refractivity contribution >= 4 is 46.7 Å². The molecule has 0 aliphatic rings. The predicted molar refractivity (Wildman–Crippen MR) is 97.4 cm³/mol. The molecule has 1 aromatic carbocycles. The summed E-state index contributed by atoms with van der Waals surface area (Å²) in [6.45, 7) is 0.907. The average Bonchev–Trinajstić information content (AvgIpc) is 2.61. The van der Waals surface area contributed by atoms with Gasteiger partial charge in [-0.15, -0.1) is 0 Å². The van der Waals surface area contributed by atoms with Crippen LogP contribution in [0.3, 0.4) is 0 Å². The number of halogens is 2. The number of pyridine rings is 1. The van der Waals surface area contributed by atoms with Crippen LogP contribution >= 0.6 is 23.2 Å². The van der Waals surface area contributed by atoms with Crippen LogP contribution in [0.15, 0.2) is 36.5 Å². The largest absolute Gasteiger partial charge is 0.454 e. The van der Waals surface area contributed by atoms with E-state index in [1.165, 1.54) is 18.3 Å². The normalized spacial score (nSPS) is 10.1. The highest BCUT2D eigenvalue weighted by Gasteiger charge is 2.12. The van der Waals surface area contributed by atoms with Crippen LogP contribution in [-0.4, -0.2) is 35.9 Å². The van der Waals surface area contributed by atoms with Gasteiger partial charge in [0.1, 0.15) is 12.2 Å². The number of ether oxygens (including phenoxy) is 1. The summed E-state index contributed by atoms with van der Waals surface area (Å²) >= 11 is 11.6. The monoisotopic (exact) mass is 395 g/mol. The Kier molecular flexibility index (Phi) is 6.94. The maximum absolute atomic E-state index is 11.8. The second-order valence-electron chi connectivity index (χ2n) is 5.21. The molecule has 2 aromatic rings. The first-order valence-corrected chi connectivity index (χ1v) is 8.22. The molecule has 0 aliphatic carbocycles. The number of nitrogens with zero attached hydrogens (tertiary/aromatic N) is 1. The highest BCUT2D eigenvalue weighted by molar-refractivity contribution is 6.31. The van der Waals surface area contributed by atoms with E-state index in [1.54, 1.807) is 25.1 Å². The van der Waals surface area contributed by atoms with Crippen LogP contribution in [0.2, 0.25) is 10.0 Å². The van der Waals surface area contributed by atoms with Crippen LogP contribution in [0.1, 0.15) is 16.1 Å². The van der Waals surface area contributed by atoms with Crippen molar-refractivity contribution in [3.63, 3.8) is 0 Å². The highest BCUT2D eigenvalue weighted by atomic mass is 35.5. The number of carbonyl (C=O) groups excluding carboxylic acids is 3. The minimum absolute atomic E-state index is 0.0690. The summed E-state index contributed by atoms with van der Waals surface area (Å²) in [4.78, 5) is 39.1. The zero-order chi connectivity index (χ0) is 19.1. The molecule has 0 saturated carbocycles. The third-order valence-corrected chi connectivity index (χ3v) is 3.66. The van der Waals surface area contributed by atoms with Gasteiger partial charge < -0.3 is 15.4 Å². The Hall–Kier alpha value is -2.64. The molecular formula is C17H15Cl2N3O4. The van der Waals surface area contributed by atoms with E-state index >= 15 is 0 Å². The quantitative estimate of drug-likeness (QED) is 0.732. The van der Waals surface area contributed by atoms with Crippen LogP contribution in [0.4, 0.5) is 5.69 Å². The van der Waals surface area contributed by atoms with Gasteiger partial charge in [-0.3, -0.25) is 19.4 Å². The zero-order valence-electron chi connectivity index (χ0n) is 13.7. The fourth-order valence-electron chi connectivity index (χ4n) is 1.88. The number of amides is 2. The lowest BCUT2D eigenvalue weighted by Crippen LogP contribution is -2.32. The van der Waals surface area contributed by atoms with Crippen LogP contribution < -0.4 is 10.6 Å². The molecule has 1 aromatic heterocycles. The molecule has 7 nitrogen and oxygen atoms in total. The Balaban J connectivity index is 1.77. The van der Waals surface area contributed by atoms with Gasteiger partial charge in [-0.1, -0.05) is 29.3 Å². The Labute approximate surface area is 159 Å². The first-order chi connectivity index (χ1) is 12.3. The van der Waals surface area contributed by atoms with Crippen molar-refractivity contribution in [3.8, 4) is 0 Å². The Morgan fingerprint density at radius 3 is 2.58 bits per heavy atom. The van der Waals surface area contributed by atoms with Crippen LogP contribution in [0.5, 0.6) is 0 Å². The van der Waals surface area contributed by atoms with Gasteiger partial charge in [0, 0.05) is 21.9 Å². The molecule has 0 bridgehead atoms. The summed E-state index contributed by atoms with van der Waals surface area (Å²) in [5.41, 5.74) is 1.41. The first kappa shape index (κ1) is 19.7. The fourth-order valence-corrected chi connectivity index (χ4v) is 2.22. The number of rotatable bonds is 6. The van der Waals surface area contributed by atoms with E-state index in [2.05, 4.69) is 15.6 Å². The number of carbonyl (C=O) groups is 3. The standard InChI is InChI=1S/C17H15Cl2N3O4/c1-10-2-3-11(18)6-13(10)22-15(23)9-26-16(24)8-21-17(25)14-7-12(19)4-5-20-14/h2-7H,8-9H2,1H3,(H,21,25)(H,22,23). The SMILES string of the molecule is Cc1ccc(Cl)cc1NC(=O)COC(=O)CNC(=O)c1cc(Cl)ccn1. The maximum atomic E-state index is 11.8. The summed E-state index contributed by atoms with van der Waals surface area (Å²) in [6.07, 6.45) is 1.37. The van der Waals surface area contributed by atoms with E-state index in [0.29, 0.717) is 15.7 Å². The molecule has 0 atom stereocenters. The molecule has 26 heavy (non-hydrogen) atoms. The van der Waals surface area contributed by atoms with Gasteiger partial charge in [-0.05, 0) is 36.8 Å². The van der Waals surface area contributed by atoms with E-state index < -0.39 is 30.9 Å². The first-order valence-electron chi connectivity index (χ1n) is 7.46. The van der Waals surface area contributed by atoms with E-state index in [-0.39, 0.29) is 5.69 Å². The molecule has 0 spiro atoms. The van der Waals surface area contributed by atoms with Crippen molar-refractivity contribution in [2.24, 2.45) is 0 Å². The molecule has 9 heteroatoms. The highest BCUT2D eigenvalue weighted by Crippen LogP contribution is 2.19. The third kappa shape index (κ3) is 6.02. The number of anilines is 1. The smallest absolute Gasteiger partial charge is 0.325 e. The molecule has 2 N–H and O–H groups in total. The molecule has 0 saturated heterocycles. The number of benzene rings is 1. The third-order valence-electron chi connectivity index (χ3n) is 3.19. The van der Waals surface area contributed by atoms with Gasteiger partial charge in [0.2, 0.25) is 0 Å². The summed E-state index contributed by atoms with van der Waals surface area (Å²) < 4.78 is 4.81. The van der Waals surface area contributed by atoms with Crippen molar-refractivity contribution in [1.29, 1.82) is 0 Å². The molecule has 0 aliphatic heterocycles. The lowest BCUT2D eigenvalue weighted by molar-refractivity contribution is -0.146. The molecule has 0 radical (unpaired) electrons. The molecule has 0 unspecified atom stereocenters. The average molecular weight is 396 g/mol.